The molecule has 0 atom stereocenters. The van der Waals surface area contributed by atoms with Gasteiger partial charge in [0.25, 0.3) is 5.91 Å². The van der Waals surface area contributed by atoms with Crippen LogP contribution in [0, 0.1) is 0 Å². The first-order valence-electron chi connectivity index (χ1n) is 5.20. The molecule has 92 valence electrons. The Labute approximate surface area is 108 Å². The second kappa shape index (κ2) is 5.46. The van der Waals surface area contributed by atoms with Gasteiger partial charge in [-0.2, -0.15) is 10.2 Å². The zero-order chi connectivity index (χ0) is 13.0. The zero-order valence-corrected chi connectivity index (χ0v) is 10.1. The number of hydrogen-bond acceptors (Lipinski definition) is 4. The van der Waals surface area contributed by atoms with Gasteiger partial charge in [0, 0.05) is 11.2 Å². The van der Waals surface area contributed by atoms with Gasteiger partial charge in [-0.3, -0.25) is 4.79 Å². The molecule has 6 heteroatoms. The molecule has 0 aliphatic carbocycles. The summed E-state index contributed by atoms with van der Waals surface area (Å²) in [4.78, 5) is 11.8. The average molecular weight is 264 g/mol. The first kappa shape index (κ1) is 12.3. The summed E-state index contributed by atoms with van der Waals surface area (Å²) < 4.78 is 0. The van der Waals surface area contributed by atoms with E-state index in [9.17, 15) is 9.90 Å². The van der Waals surface area contributed by atoms with Crippen LogP contribution in [-0.2, 0) is 6.54 Å². The van der Waals surface area contributed by atoms with Crippen molar-refractivity contribution in [1.29, 1.82) is 0 Å². The van der Waals surface area contributed by atoms with Crippen molar-refractivity contribution in [2.24, 2.45) is 0 Å². The molecule has 2 rings (SSSR count). The zero-order valence-electron chi connectivity index (χ0n) is 9.30. The molecule has 1 heterocycles. The standard InChI is InChI=1S/C12H10ClN3O2/c13-8-3-4-11(17)10(6-8)12(18)14-7-9-2-1-5-15-16-9/h1-6,17H,7H2,(H,14,18). The lowest BCUT2D eigenvalue weighted by Gasteiger charge is -2.06. The van der Waals surface area contributed by atoms with Crippen LogP contribution >= 0.6 is 11.6 Å². The molecule has 18 heavy (non-hydrogen) atoms. The second-order valence-electron chi connectivity index (χ2n) is 3.56. The van der Waals surface area contributed by atoms with E-state index < -0.39 is 5.91 Å². The van der Waals surface area contributed by atoms with Crippen molar-refractivity contribution in [1.82, 2.24) is 15.5 Å². The van der Waals surface area contributed by atoms with Crippen LogP contribution in [0.25, 0.3) is 0 Å². The van der Waals surface area contributed by atoms with E-state index in [-0.39, 0.29) is 17.9 Å². The number of hydrogen-bond donors (Lipinski definition) is 2. The number of aromatic hydroxyl groups is 1. The lowest BCUT2D eigenvalue weighted by Crippen LogP contribution is -2.23. The molecular formula is C12H10ClN3O2. The highest BCUT2D eigenvalue weighted by atomic mass is 35.5. The van der Waals surface area contributed by atoms with E-state index in [1.165, 1.54) is 18.2 Å². The third-order valence-corrected chi connectivity index (χ3v) is 2.50. The van der Waals surface area contributed by atoms with Gasteiger partial charge in [-0.25, -0.2) is 0 Å². The van der Waals surface area contributed by atoms with E-state index in [0.29, 0.717) is 10.7 Å². The number of nitrogens with one attached hydrogen (secondary N) is 1. The van der Waals surface area contributed by atoms with Gasteiger partial charge in [0.2, 0.25) is 0 Å². The number of halogens is 1. The minimum Gasteiger partial charge on any atom is -0.507 e. The Morgan fingerprint density at radius 2 is 2.22 bits per heavy atom. The highest BCUT2D eigenvalue weighted by Gasteiger charge is 2.11. The van der Waals surface area contributed by atoms with Gasteiger partial charge in [-0.15, -0.1) is 0 Å². The number of aromatic nitrogens is 2. The van der Waals surface area contributed by atoms with Gasteiger partial charge in [0.15, 0.2) is 0 Å². The lowest BCUT2D eigenvalue weighted by molar-refractivity contribution is 0.0947. The molecule has 2 aromatic rings. The number of phenolic OH excluding ortho intramolecular Hbond substituents is 1. The quantitative estimate of drug-likeness (QED) is 0.885. The summed E-state index contributed by atoms with van der Waals surface area (Å²) in [7, 11) is 0. The molecule has 0 aliphatic rings. The molecule has 0 radical (unpaired) electrons. The minimum absolute atomic E-state index is 0.115. The number of phenols is 1. The van der Waals surface area contributed by atoms with Crippen LogP contribution in [-0.4, -0.2) is 21.2 Å². The SMILES string of the molecule is O=C(NCc1cccnn1)c1cc(Cl)ccc1O. The molecule has 0 fully saturated rings. The topological polar surface area (TPSA) is 75.1 Å². The Morgan fingerprint density at radius 1 is 1.39 bits per heavy atom. The largest absolute Gasteiger partial charge is 0.507 e. The van der Waals surface area contributed by atoms with Crippen molar-refractivity contribution >= 4 is 17.5 Å². The predicted octanol–water partition coefficient (Wildman–Crippen LogP) is 1.77. The molecule has 1 aromatic heterocycles. The summed E-state index contributed by atoms with van der Waals surface area (Å²) in [6.07, 6.45) is 1.55. The van der Waals surface area contributed by atoms with Crippen molar-refractivity contribution in [3.05, 3.63) is 52.8 Å². The predicted molar refractivity (Wildman–Crippen MR) is 66.3 cm³/mol. The van der Waals surface area contributed by atoms with Crippen molar-refractivity contribution in [3.63, 3.8) is 0 Å². The first-order valence-corrected chi connectivity index (χ1v) is 5.58. The minimum atomic E-state index is -0.416. The molecule has 1 amide bonds. The molecule has 2 N–H and O–H groups in total. The fourth-order valence-corrected chi connectivity index (χ4v) is 1.56. The second-order valence-corrected chi connectivity index (χ2v) is 4.00. The van der Waals surface area contributed by atoms with Crippen LogP contribution in [0.15, 0.2) is 36.5 Å². The van der Waals surface area contributed by atoms with Crippen LogP contribution in [0.4, 0.5) is 0 Å². The lowest BCUT2D eigenvalue weighted by atomic mass is 10.2. The molecule has 0 bridgehead atoms. The average Bonchev–Trinajstić information content (AvgIpc) is 2.40. The maximum atomic E-state index is 11.8. The number of rotatable bonds is 3. The van der Waals surface area contributed by atoms with E-state index in [4.69, 9.17) is 11.6 Å². The molecule has 1 aromatic carbocycles. The summed E-state index contributed by atoms with van der Waals surface area (Å²) in [5, 5.41) is 20.1. The summed E-state index contributed by atoms with van der Waals surface area (Å²) in [5.41, 5.74) is 0.763. The molecule has 5 nitrogen and oxygen atoms in total. The third-order valence-electron chi connectivity index (χ3n) is 2.26. The Kier molecular flexibility index (Phi) is 3.74. The smallest absolute Gasteiger partial charge is 0.255 e. The van der Waals surface area contributed by atoms with Crippen molar-refractivity contribution in [3.8, 4) is 5.75 Å². The van der Waals surface area contributed by atoms with E-state index in [1.54, 1.807) is 18.3 Å². The fraction of sp³-hybridized carbons (Fsp3) is 0.0833. The Morgan fingerprint density at radius 3 is 2.94 bits per heavy atom. The van der Waals surface area contributed by atoms with E-state index in [0.717, 1.165) is 0 Å². The summed E-state index contributed by atoms with van der Waals surface area (Å²) in [5.74, 6) is -0.531. The number of amides is 1. The maximum absolute atomic E-state index is 11.8. The summed E-state index contributed by atoms with van der Waals surface area (Å²) in [6.45, 7) is 0.235. The Bertz CT molecular complexity index is 561. The third kappa shape index (κ3) is 2.95. The van der Waals surface area contributed by atoms with Gasteiger partial charge in [-0.1, -0.05) is 11.6 Å². The van der Waals surface area contributed by atoms with Gasteiger partial charge in [-0.05, 0) is 30.3 Å². The highest BCUT2D eigenvalue weighted by Crippen LogP contribution is 2.21. The van der Waals surface area contributed by atoms with Gasteiger partial charge in [0.05, 0.1) is 17.8 Å². The van der Waals surface area contributed by atoms with Gasteiger partial charge >= 0.3 is 0 Å². The van der Waals surface area contributed by atoms with Gasteiger partial charge < -0.3 is 10.4 Å². The number of nitrogens with zero attached hydrogens (tertiary/aromatic N) is 2. The molecule has 0 saturated heterocycles. The summed E-state index contributed by atoms with van der Waals surface area (Å²) in [6, 6.07) is 7.76. The molecular weight excluding hydrogens is 254 g/mol. The Hall–Kier alpha value is -2.14. The highest BCUT2D eigenvalue weighted by molar-refractivity contribution is 6.31. The van der Waals surface area contributed by atoms with Crippen LogP contribution < -0.4 is 5.32 Å². The van der Waals surface area contributed by atoms with Crippen LogP contribution in [0.2, 0.25) is 5.02 Å². The molecule has 0 spiro atoms. The van der Waals surface area contributed by atoms with Crippen molar-refractivity contribution < 1.29 is 9.90 Å². The number of carbonyl (C=O) groups excluding carboxylic acids is 1. The van der Waals surface area contributed by atoms with Crippen LogP contribution in [0.5, 0.6) is 5.75 Å². The molecule has 0 saturated carbocycles. The van der Waals surface area contributed by atoms with Crippen LogP contribution in [0.1, 0.15) is 16.1 Å². The van der Waals surface area contributed by atoms with Crippen molar-refractivity contribution in [2.75, 3.05) is 0 Å². The first-order chi connectivity index (χ1) is 8.66. The van der Waals surface area contributed by atoms with Gasteiger partial charge in [0.1, 0.15) is 5.75 Å². The number of benzene rings is 1. The number of carbonyl (C=O) groups is 1. The van der Waals surface area contributed by atoms with Crippen molar-refractivity contribution in [2.45, 2.75) is 6.54 Å². The maximum Gasteiger partial charge on any atom is 0.255 e. The normalized spacial score (nSPS) is 10.1. The molecule has 0 unspecified atom stereocenters. The Balaban J connectivity index is 2.06. The summed E-state index contributed by atoms with van der Waals surface area (Å²) >= 11 is 5.76. The van der Waals surface area contributed by atoms with E-state index in [2.05, 4.69) is 15.5 Å². The van der Waals surface area contributed by atoms with E-state index in [1.807, 2.05) is 0 Å². The fourth-order valence-electron chi connectivity index (χ4n) is 1.38. The monoisotopic (exact) mass is 263 g/mol. The van der Waals surface area contributed by atoms with Crippen LogP contribution in [0.3, 0.4) is 0 Å². The van der Waals surface area contributed by atoms with E-state index >= 15 is 0 Å². The molecule has 0 aliphatic heterocycles.